The Kier molecular flexibility index (Phi) is 8.09. The van der Waals surface area contributed by atoms with Gasteiger partial charge in [0.05, 0.1) is 12.3 Å². The highest BCUT2D eigenvalue weighted by Crippen LogP contribution is 2.23. The van der Waals surface area contributed by atoms with Gasteiger partial charge in [-0.2, -0.15) is 4.99 Å². The zero-order valence-corrected chi connectivity index (χ0v) is 19.7. The van der Waals surface area contributed by atoms with Gasteiger partial charge in [-0.1, -0.05) is 37.3 Å². The van der Waals surface area contributed by atoms with Crippen LogP contribution in [-0.2, 0) is 6.42 Å². The van der Waals surface area contributed by atoms with E-state index < -0.39 is 6.03 Å². The number of para-hydroxylation sites is 1. The number of benzene rings is 2. The van der Waals surface area contributed by atoms with Crippen molar-refractivity contribution in [3.8, 4) is 5.75 Å². The van der Waals surface area contributed by atoms with Crippen LogP contribution >= 0.6 is 0 Å². The Morgan fingerprint density at radius 2 is 2.12 bits per heavy atom. The molecule has 1 aromatic heterocycles. The third-order valence-corrected chi connectivity index (χ3v) is 6.21. The average molecular weight is 460 g/mol. The summed E-state index contributed by atoms with van der Waals surface area (Å²) in [6.45, 7) is 5.60. The molecule has 2 aromatic carbocycles. The molecule has 4 rings (SSSR count). The molecule has 1 aliphatic rings. The Labute approximate surface area is 201 Å². The van der Waals surface area contributed by atoms with Gasteiger partial charge < -0.3 is 20.7 Å². The van der Waals surface area contributed by atoms with Gasteiger partial charge in [0, 0.05) is 42.2 Å². The molecule has 7 heteroatoms. The molecular formula is C27H33N5O2. The second-order valence-electron chi connectivity index (χ2n) is 8.72. The number of piperidine rings is 1. The molecule has 7 nitrogen and oxygen atoms in total. The Morgan fingerprint density at radius 3 is 3.00 bits per heavy atom. The smallest absolute Gasteiger partial charge is 0.347 e. The van der Waals surface area contributed by atoms with Crippen LogP contribution in [0.2, 0.25) is 0 Å². The van der Waals surface area contributed by atoms with Crippen molar-refractivity contribution in [3.63, 3.8) is 0 Å². The van der Waals surface area contributed by atoms with Crippen LogP contribution in [0.25, 0.3) is 10.8 Å². The van der Waals surface area contributed by atoms with Crippen molar-refractivity contribution < 1.29 is 9.53 Å². The number of amides is 2. The van der Waals surface area contributed by atoms with Gasteiger partial charge in [-0.3, -0.25) is 4.98 Å². The van der Waals surface area contributed by atoms with Gasteiger partial charge in [-0.05, 0) is 56.0 Å². The van der Waals surface area contributed by atoms with Gasteiger partial charge in [0.1, 0.15) is 11.6 Å². The number of aromatic nitrogens is 1. The van der Waals surface area contributed by atoms with Crippen molar-refractivity contribution in [1.82, 2.24) is 9.88 Å². The lowest BCUT2D eigenvalue weighted by molar-refractivity contribution is 0.205. The van der Waals surface area contributed by atoms with Gasteiger partial charge in [0.25, 0.3) is 0 Å². The molecule has 1 saturated heterocycles. The number of nitrogens with zero attached hydrogens (tertiary/aromatic N) is 3. The maximum absolute atomic E-state index is 12.6. The first-order valence-electron chi connectivity index (χ1n) is 12.0. The summed E-state index contributed by atoms with van der Waals surface area (Å²) < 4.78 is 5.90. The van der Waals surface area contributed by atoms with Crippen molar-refractivity contribution in [1.29, 1.82) is 0 Å². The molecule has 178 valence electrons. The first-order valence-corrected chi connectivity index (χ1v) is 12.0. The van der Waals surface area contributed by atoms with E-state index in [-0.39, 0.29) is 5.92 Å². The maximum atomic E-state index is 12.6. The number of nitrogens with one attached hydrogen (secondary N) is 1. The first-order chi connectivity index (χ1) is 16.6. The number of hydrogen-bond acceptors (Lipinski definition) is 4. The molecule has 3 N–H and O–H groups in total. The van der Waals surface area contributed by atoms with Crippen molar-refractivity contribution in [2.75, 3.05) is 31.6 Å². The predicted molar refractivity (Wildman–Crippen MR) is 137 cm³/mol. The maximum Gasteiger partial charge on any atom is 0.347 e. The number of aliphatic imine (C=N–C) groups is 1. The Hall–Kier alpha value is -3.45. The minimum Gasteiger partial charge on any atom is -0.493 e. The molecule has 1 aliphatic heterocycles. The summed E-state index contributed by atoms with van der Waals surface area (Å²) in [5, 5.41) is 4.76. The van der Waals surface area contributed by atoms with Gasteiger partial charge in [-0.25, -0.2) is 4.79 Å². The fourth-order valence-electron chi connectivity index (χ4n) is 4.43. The summed E-state index contributed by atoms with van der Waals surface area (Å²) in [6.07, 6.45) is 7.36. The molecule has 0 spiro atoms. The SMILES string of the molecule is CCCOc1ccccc1CCN1CCCC(/C(N)=N/C(=O)Nc2cccc3cnccc23)C1. The molecule has 1 unspecified atom stereocenters. The first kappa shape index (κ1) is 23.7. The van der Waals surface area contributed by atoms with E-state index in [1.54, 1.807) is 12.4 Å². The molecule has 34 heavy (non-hydrogen) atoms. The number of carbonyl (C=O) groups excluding carboxylic acids is 1. The van der Waals surface area contributed by atoms with E-state index in [9.17, 15) is 4.79 Å². The van der Waals surface area contributed by atoms with Gasteiger partial charge in [0.2, 0.25) is 0 Å². The van der Waals surface area contributed by atoms with E-state index in [0.29, 0.717) is 11.5 Å². The van der Waals surface area contributed by atoms with Crippen molar-refractivity contribution >= 4 is 28.3 Å². The van der Waals surface area contributed by atoms with E-state index in [1.165, 1.54) is 5.56 Å². The zero-order valence-electron chi connectivity index (χ0n) is 19.7. The zero-order chi connectivity index (χ0) is 23.8. The van der Waals surface area contributed by atoms with Crippen LogP contribution in [0.3, 0.4) is 0 Å². The average Bonchev–Trinajstić information content (AvgIpc) is 2.87. The summed E-state index contributed by atoms with van der Waals surface area (Å²) in [5.74, 6) is 1.44. The monoisotopic (exact) mass is 459 g/mol. The molecule has 3 aromatic rings. The second kappa shape index (κ2) is 11.6. The number of ether oxygens (including phenoxy) is 1. The lowest BCUT2D eigenvalue weighted by atomic mass is 9.96. The summed E-state index contributed by atoms with van der Waals surface area (Å²) in [4.78, 5) is 23.3. The quantitative estimate of drug-likeness (QED) is 0.370. The van der Waals surface area contributed by atoms with Gasteiger partial charge in [-0.15, -0.1) is 0 Å². The standard InChI is InChI=1S/C27H33N5O2/c1-2-17-34-25-11-4-3-7-20(25)13-16-32-15-6-9-22(19-32)26(28)31-27(33)30-24-10-5-8-21-18-29-14-12-23(21)24/h3-5,7-8,10-12,14,18,22H,2,6,9,13,15-17,19H2,1H3,(H3,28,30,31,33). The van der Waals surface area contributed by atoms with E-state index in [4.69, 9.17) is 10.5 Å². The topological polar surface area (TPSA) is 92.8 Å². The predicted octanol–water partition coefficient (Wildman–Crippen LogP) is 4.87. The van der Waals surface area contributed by atoms with Crippen molar-refractivity contribution in [2.24, 2.45) is 16.6 Å². The minimum atomic E-state index is -0.444. The van der Waals surface area contributed by atoms with E-state index in [2.05, 4.69) is 39.2 Å². The third-order valence-electron chi connectivity index (χ3n) is 6.21. The van der Waals surface area contributed by atoms with E-state index in [1.807, 2.05) is 36.4 Å². The fraction of sp³-hybridized carbons (Fsp3) is 0.370. The van der Waals surface area contributed by atoms with Crippen LogP contribution in [0.5, 0.6) is 5.75 Å². The fourth-order valence-corrected chi connectivity index (χ4v) is 4.43. The van der Waals surface area contributed by atoms with E-state index in [0.717, 1.165) is 68.4 Å². The number of urea groups is 1. The van der Waals surface area contributed by atoms with Gasteiger partial charge >= 0.3 is 6.03 Å². The number of amidine groups is 1. The lowest BCUT2D eigenvalue weighted by Gasteiger charge is -2.32. The van der Waals surface area contributed by atoms with Crippen LogP contribution in [-0.4, -0.2) is 48.0 Å². The molecule has 1 fully saturated rings. The molecule has 0 radical (unpaired) electrons. The van der Waals surface area contributed by atoms with Crippen molar-refractivity contribution in [2.45, 2.75) is 32.6 Å². The third kappa shape index (κ3) is 6.11. The second-order valence-corrected chi connectivity index (χ2v) is 8.72. The minimum absolute atomic E-state index is 0.0720. The largest absolute Gasteiger partial charge is 0.493 e. The number of likely N-dealkylation sites (tertiary alicyclic amines) is 1. The number of nitrogens with two attached hydrogens (primary N) is 1. The Bertz CT molecular complexity index is 1140. The van der Waals surface area contributed by atoms with Crippen LogP contribution in [0.15, 0.2) is 65.9 Å². The summed E-state index contributed by atoms with van der Waals surface area (Å²) in [6, 6.07) is 15.4. The molecule has 0 saturated carbocycles. The summed E-state index contributed by atoms with van der Waals surface area (Å²) in [5.41, 5.74) is 8.23. The highest BCUT2D eigenvalue weighted by atomic mass is 16.5. The molecule has 2 amide bonds. The number of rotatable bonds is 8. The number of hydrogen-bond donors (Lipinski definition) is 2. The van der Waals surface area contributed by atoms with Crippen LogP contribution in [0.1, 0.15) is 31.7 Å². The highest BCUT2D eigenvalue weighted by Gasteiger charge is 2.23. The Morgan fingerprint density at radius 1 is 1.24 bits per heavy atom. The van der Waals surface area contributed by atoms with Crippen LogP contribution in [0.4, 0.5) is 10.5 Å². The molecule has 2 heterocycles. The lowest BCUT2D eigenvalue weighted by Crippen LogP contribution is -2.42. The van der Waals surface area contributed by atoms with Gasteiger partial charge in [0.15, 0.2) is 0 Å². The summed E-state index contributed by atoms with van der Waals surface area (Å²) >= 11 is 0. The molecular weight excluding hydrogens is 426 g/mol. The van der Waals surface area contributed by atoms with Crippen molar-refractivity contribution in [3.05, 3.63) is 66.5 Å². The number of carbonyl (C=O) groups is 1. The molecule has 0 bridgehead atoms. The number of fused-ring (bicyclic) bond motifs is 1. The van der Waals surface area contributed by atoms with E-state index >= 15 is 0 Å². The Balaban J connectivity index is 1.35. The number of anilines is 1. The highest BCUT2D eigenvalue weighted by molar-refractivity contribution is 6.05. The van der Waals surface area contributed by atoms with Crippen LogP contribution < -0.4 is 15.8 Å². The van der Waals surface area contributed by atoms with Crippen LogP contribution in [0, 0.1) is 5.92 Å². The number of pyridine rings is 1. The summed E-state index contributed by atoms with van der Waals surface area (Å²) in [7, 11) is 0. The molecule has 0 aliphatic carbocycles. The molecule has 1 atom stereocenters. The normalized spacial score (nSPS) is 17.0.